The Bertz CT molecular complexity index is 982. The Kier molecular flexibility index (Phi) is 4.88. The summed E-state index contributed by atoms with van der Waals surface area (Å²) in [6.07, 6.45) is 4.83. The van der Waals surface area contributed by atoms with E-state index in [0.29, 0.717) is 30.0 Å². The number of carbonyl (C=O) groups is 2. The van der Waals surface area contributed by atoms with E-state index in [1.54, 1.807) is 29.4 Å². The van der Waals surface area contributed by atoms with Crippen molar-refractivity contribution in [1.82, 2.24) is 25.1 Å². The number of amides is 1. The molecule has 3 aromatic rings. The van der Waals surface area contributed by atoms with Gasteiger partial charge in [0.05, 0.1) is 36.4 Å². The summed E-state index contributed by atoms with van der Waals surface area (Å²) >= 11 is 0. The fourth-order valence-electron chi connectivity index (χ4n) is 3.42. The molecular formula is C19H19N5O4. The Morgan fingerprint density at radius 2 is 2.00 bits per heavy atom. The van der Waals surface area contributed by atoms with Crippen LogP contribution in [0, 0.1) is 0 Å². The molecule has 28 heavy (non-hydrogen) atoms. The first-order chi connectivity index (χ1) is 13.7. The van der Waals surface area contributed by atoms with Crippen LogP contribution in [0.1, 0.15) is 45.4 Å². The quantitative estimate of drug-likeness (QED) is 0.637. The molecule has 3 heterocycles. The summed E-state index contributed by atoms with van der Waals surface area (Å²) in [6.45, 7) is 1.14. The van der Waals surface area contributed by atoms with Crippen molar-refractivity contribution in [3.05, 3.63) is 59.7 Å². The smallest absolute Gasteiger partial charge is 0.376 e. The highest BCUT2D eigenvalue weighted by Gasteiger charge is 2.29. The van der Waals surface area contributed by atoms with E-state index in [9.17, 15) is 9.59 Å². The molecule has 2 aromatic heterocycles. The molecular weight excluding hydrogens is 362 g/mol. The molecule has 9 heteroatoms. The standard InChI is InChI=1S/C19H19N5O4/c1-27-19(26)17-11-15(22-28-17)13-5-4-10-23(12-13)18(25)14-6-2-3-7-16(14)24-20-8-9-21-24/h2-3,6-9,11,13H,4-5,10,12H2,1H3. The second-order valence-corrected chi connectivity index (χ2v) is 6.53. The summed E-state index contributed by atoms with van der Waals surface area (Å²) in [7, 11) is 1.29. The van der Waals surface area contributed by atoms with Crippen LogP contribution in [0.5, 0.6) is 0 Å². The predicted molar refractivity (Wildman–Crippen MR) is 97.1 cm³/mol. The van der Waals surface area contributed by atoms with Crippen molar-refractivity contribution in [3.8, 4) is 5.69 Å². The predicted octanol–water partition coefficient (Wildman–Crippen LogP) is 2.06. The van der Waals surface area contributed by atoms with Gasteiger partial charge in [0.15, 0.2) is 0 Å². The van der Waals surface area contributed by atoms with Gasteiger partial charge in [-0.25, -0.2) is 4.79 Å². The van der Waals surface area contributed by atoms with Crippen molar-refractivity contribution in [2.75, 3.05) is 20.2 Å². The Morgan fingerprint density at radius 1 is 1.21 bits per heavy atom. The number of hydrogen-bond acceptors (Lipinski definition) is 7. The van der Waals surface area contributed by atoms with E-state index in [2.05, 4.69) is 20.1 Å². The zero-order valence-corrected chi connectivity index (χ0v) is 15.3. The van der Waals surface area contributed by atoms with Crippen molar-refractivity contribution in [1.29, 1.82) is 0 Å². The van der Waals surface area contributed by atoms with Crippen LogP contribution in [-0.4, -0.2) is 57.1 Å². The summed E-state index contributed by atoms with van der Waals surface area (Å²) in [5.74, 6) is -0.594. The second-order valence-electron chi connectivity index (χ2n) is 6.53. The molecule has 1 amide bonds. The highest BCUT2D eigenvalue weighted by molar-refractivity contribution is 5.97. The Labute approximate surface area is 160 Å². The van der Waals surface area contributed by atoms with Gasteiger partial charge in [0.2, 0.25) is 5.76 Å². The van der Waals surface area contributed by atoms with Gasteiger partial charge >= 0.3 is 5.97 Å². The minimum Gasteiger partial charge on any atom is -0.463 e. The first kappa shape index (κ1) is 17.9. The molecule has 9 nitrogen and oxygen atoms in total. The van der Waals surface area contributed by atoms with Crippen molar-refractivity contribution in [2.24, 2.45) is 0 Å². The number of rotatable bonds is 4. The molecule has 0 bridgehead atoms. The van der Waals surface area contributed by atoms with Gasteiger partial charge in [-0.1, -0.05) is 17.3 Å². The van der Waals surface area contributed by atoms with Gasteiger partial charge in [-0.3, -0.25) is 4.79 Å². The average molecular weight is 381 g/mol. The van der Waals surface area contributed by atoms with Gasteiger partial charge in [-0.05, 0) is 25.0 Å². The van der Waals surface area contributed by atoms with E-state index < -0.39 is 5.97 Å². The number of para-hydroxylation sites is 1. The van der Waals surface area contributed by atoms with Crippen LogP contribution >= 0.6 is 0 Å². The molecule has 1 aliphatic rings. The summed E-state index contributed by atoms with van der Waals surface area (Å²) in [5.41, 5.74) is 1.82. The number of hydrogen-bond donors (Lipinski definition) is 0. The topological polar surface area (TPSA) is 103 Å². The maximum Gasteiger partial charge on any atom is 0.376 e. The SMILES string of the molecule is COC(=O)c1cc(C2CCCN(C(=O)c3ccccc3-n3nccn3)C2)no1. The van der Waals surface area contributed by atoms with Gasteiger partial charge in [0, 0.05) is 25.1 Å². The highest BCUT2D eigenvalue weighted by atomic mass is 16.5. The van der Waals surface area contributed by atoms with Gasteiger partial charge in [-0.15, -0.1) is 0 Å². The maximum atomic E-state index is 13.2. The van der Waals surface area contributed by atoms with E-state index in [1.165, 1.54) is 11.9 Å². The van der Waals surface area contributed by atoms with E-state index in [-0.39, 0.29) is 17.6 Å². The minimum absolute atomic E-state index is 0.00477. The molecule has 4 rings (SSSR count). The Hall–Kier alpha value is -3.49. The fourth-order valence-corrected chi connectivity index (χ4v) is 3.42. The lowest BCUT2D eigenvalue weighted by Crippen LogP contribution is -2.39. The normalized spacial score (nSPS) is 16.8. The number of aromatic nitrogens is 4. The number of ether oxygens (including phenoxy) is 1. The molecule has 1 saturated heterocycles. The van der Waals surface area contributed by atoms with Crippen molar-refractivity contribution in [3.63, 3.8) is 0 Å². The first-order valence-corrected chi connectivity index (χ1v) is 8.97. The molecule has 144 valence electrons. The van der Waals surface area contributed by atoms with Crippen LogP contribution in [0.15, 0.2) is 47.2 Å². The highest BCUT2D eigenvalue weighted by Crippen LogP contribution is 2.28. The van der Waals surface area contributed by atoms with Crippen molar-refractivity contribution in [2.45, 2.75) is 18.8 Å². The van der Waals surface area contributed by atoms with Crippen LogP contribution in [0.3, 0.4) is 0 Å². The fraction of sp³-hybridized carbons (Fsp3) is 0.316. The van der Waals surface area contributed by atoms with Crippen molar-refractivity contribution < 1.29 is 18.8 Å². The van der Waals surface area contributed by atoms with E-state index in [0.717, 1.165) is 12.8 Å². The largest absolute Gasteiger partial charge is 0.463 e. The third-order valence-electron chi connectivity index (χ3n) is 4.81. The molecule has 0 radical (unpaired) electrons. The molecule has 1 atom stereocenters. The monoisotopic (exact) mass is 381 g/mol. The van der Waals surface area contributed by atoms with Crippen LogP contribution in [0.2, 0.25) is 0 Å². The van der Waals surface area contributed by atoms with E-state index >= 15 is 0 Å². The van der Waals surface area contributed by atoms with Gasteiger partial charge in [0.1, 0.15) is 0 Å². The third kappa shape index (κ3) is 3.38. The summed E-state index contributed by atoms with van der Waals surface area (Å²) in [6, 6.07) is 8.84. The van der Waals surface area contributed by atoms with E-state index in [1.807, 2.05) is 18.2 Å². The number of carbonyl (C=O) groups excluding carboxylic acids is 2. The number of esters is 1. The lowest BCUT2D eigenvalue weighted by atomic mass is 9.94. The molecule has 1 unspecified atom stereocenters. The number of benzene rings is 1. The number of piperidine rings is 1. The zero-order chi connectivity index (χ0) is 19.5. The molecule has 1 aliphatic heterocycles. The van der Waals surface area contributed by atoms with Gasteiger partial charge in [0.25, 0.3) is 5.91 Å². The first-order valence-electron chi connectivity index (χ1n) is 8.97. The molecule has 0 aliphatic carbocycles. The molecule has 0 N–H and O–H groups in total. The van der Waals surface area contributed by atoms with Gasteiger partial charge in [-0.2, -0.15) is 15.0 Å². The molecule has 0 saturated carbocycles. The zero-order valence-electron chi connectivity index (χ0n) is 15.3. The average Bonchev–Trinajstić information content (AvgIpc) is 3.45. The molecule has 0 spiro atoms. The number of methoxy groups -OCH3 is 1. The minimum atomic E-state index is -0.567. The van der Waals surface area contributed by atoms with Crippen LogP contribution in [0.25, 0.3) is 5.69 Å². The number of likely N-dealkylation sites (tertiary alicyclic amines) is 1. The maximum absolute atomic E-state index is 13.2. The lowest BCUT2D eigenvalue weighted by molar-refractivity contribution is 0.0554. The summed E-state index contributed by atoms with van der Waals surface area (Å²) in [5, 5.41) is 12.3. The van der Waals surface area contributed by atoms with E-state index in [4.69, 9.17) is 4.52 Å². The third-order valence-corrected chi connectivity index (χ3v) is 4.81. The summed E-state index contributed by atoms with van der Waals surface area (Å²) in [4.78, 5) is 28.0. The van der Waals surface area contributed by atoms with Gasteiger partial charge < -0.3 is 14.2 Å². The summed E-state index contributed by atoms with van der Waals surface area (Å²) < 4.78 is 9.72. The van der Waals surface area contributed by atoms with Crippen LogP contribution in [0.4, 0.5) is 0 Å². The Morgan fingerprint density at radius 3 is 2.79 bits per heavy atom. The molecule has 1 fully saturated rings. The van der Waals surface area contributed by atoms with Crippen LogP contribution < -0.4 is 0 Å². The second kappa shape index (κ2) is 7.63. The number of nitrogens with zero attached hydrogens (tertiary/aromatic N) is 5. The van der Waals surface area contributed by atoms with Crippen molar-refractivity contribution >= 4 is 11.9 Å². The van der Waals surface area contributed by atoms with Crippen LogP contribution in [-0.2, 0) is 4.74 Å². The lowest BCUT2D eigenvalue weighted by Gasteiger charge is -2.32. The molecule has 1 aromatic carbocycles. The Balaban J connectivity index is 1.55.